The van der Waals surface area contributed by atoms with Gasteiger partial charge in [0.25, 0.3) is 0 Å². The fraction of sp³-hybridized carbons (Fsp3) is 1.00. The second-order valence-corrected chi connectivity index (χ2v) is 8.19. The molecule has 0 aliphatic heterocycles. The van der Waals surface area contributed by atoms with Gasteiger partial charge in [-0.1, -0.05) is 13.3 Å². The summed E-state index contributed by atoms with van der Waals surface area (Å²) in [4.78, 5) is 0. The normalized spacial score (nSPS) is 44.1. The van der Waals surface area contributed by atoms with Gasteiger partial charge in [-0.05, 0) is 89.0 Å². The van der Waals surface area contributed by atoms with Gasteiger partial charge in [0.05, 0.1) is 5.60 Å². The Morgan fingerprint density at radius 2 is 1.90 bits per heavy atom. The Hall–Kier alpha value is -0.0800. The monoisotopic (exact) mass is 293 g/mol. The van der Waals surface area contributed by atoms with E-state index in [0.717, 1.165) is 30.3 Å². The molecule has 3 aliphatic carbocycles. The molecule has 2 bridgehead atoms. The van der Waals surface area contributed by atoms with Gasteiger partial charge in [0.2, 0.25) is 0 Å². The number of nitrogens with one attached hydrogen (secondary N) is 1. The van der Waals surface area contributed by atoms with Crippen LogP contribution in [0.15, 0.2) is 0 Å². The Kier molecular flexibility index (Phi) is 4.95. The lowest BCUT2D eigenvalue weighted by molar-refractivity contribution is -0.100. The summed E-state index contributed by atoms with van der Waals surface area (Å²) in [6.45, 7) is 5.44. The minimum atomic E-state index is 0.123. The molecule has 0 heterocycles. The molecule has 21 heavy (non-hydrogen) atoms. The SMILES string of the molecule is CCOC1(C(CC2CC3CCC2C3)NC)CCC(C)CC1. The highest BCUT2D eigenvalue weighted by Gasteiger charge is 2.46. The maximum atomic E-state index is 6.40. The van der Waals surface area contributed by atoms with Crippen LogP contribution in [0.5, 0.6) is 0 Å². The maximum Gasteiger partial charge on any atom is 0.0834 e. The fourth-order valence-corrected chi connectivity index (χ4v) is 5.70. The number of ether oxygens (including phenoxy) is 1. The molecule has 122 valence electrons. The molecular weight excluding hydrogens is 258 g/mol. The molecule has 3 saturated carbocycles. The third-order valence-corrected chi connectivity index (χ3v) is 6.96. The third-order valence-electron chi connectivity index (χ3n) is 6.96. The zero-order valence-electron chi connectivity index (χ0n) is 14.4. The van der Waals surface area contributed by atoms with Gasteiger partial charge < -0.3 is 10.1 Å². The Labute approximate surface area is 131 Å². The average molecular weight is 293 g/mol. The van der Waals surface area contributed by atoms with Crippen LogP contribution in [0, 0.1) is 23.7 Å². The van der Waals surface area contributed by atoms with Gasteiger partial charge in [0, 0.05) is 12.6 Å². The molecule has 0 aromatic carbocycles. The largest absolute Gasteiger partial charge is 0.374 e. The van der Waals surface area contributed by atoms with E-state index in [1.807, 2.05) is 0 Å². The molecule has 0 saturated heterocycles. The van der Waals surface area contributed by atoms with Crippen LogP contribution >= 0.6 is 0 Å². The van der Waals surface area contributed by atoms with Crippen molar-refractivity contribution < 1.29 is 4.74 Å². The molecule has 3 fully saturated rings. The van der Waals surface area contributed by atoms with E-state index in [4.69, 9.17) is 4.74 Å². The van der Waals surface area contributed by atoms with E-state index in [0.29, 0.717) is 6.04 Å². The lowest BCUT2D eigenvalue weighted by Gasteiger charge is -2.46. The first-order valence-electron chi connectivity index (χ1n) is 9.48. The molecule has 2 heteroatoms. The van der Waals surface area contributed by atoms with Crippen molar-refractivity contribution in [3.63, 3.8) is 0 Å². The van der Waals surface area contributed by atoms with E-state index >= 15 is 0 Å². The summed E-state index contributed by atoms with van der Waals surface area (Å²) in [6, 6.07) is 0.564. The molecule has 0 aromatic rings. The van der Waals surface area contributed by atoms with Crippen LogP contribution in [0.25, 0.3) is 0 Å². The van der Waals surface area contributed by atoms with Crippen molar-refractivity contribution in [1.82, 2.24) is 5.32 Å². The van der Waals surface area contributed by atoms with Crippen molar-refractivity contribution in [2.45, 2.75) is 83.3 Å². The van der Waals surface area contributed by atoms with Crippen LogP contribution in [0.4, 0.5) is 0 Å². The van der Waals surface area contributed by atoms with E-state index in [2.05, 4.69) is 26.2 Å². The number of fused-ring (bicyclic) bond motifs is 2. The van der Waals surface area contributed by atoms with Crippen molar-refractivity contribution in [3.8, 4) is 0 Å². The number of hydrogen-bond acceptors (Lipinski definition) is 2. The predicted octanol–water partition coefficient (Wildman–Crippen LogP) is 4.39. The Bertz CT molecular complexity index is 334. The molecule has 4 atom stereocenters. The van der Waals surface area contributed by atoms with Crippen LogP contribution in [-0.4, -0.2) is 25.3 Å². The predicted molar refractivity (Wildman–Crippen MR) is 88.4 cm³/mol. The standard InChI is InChI=1S/C19H35NO/c1-4-21-19(9-7-14(2)8-10-19)18(20-3)13-17-12-15-5-6-16(17)11-15/h14-18,20H,4-13H2,1-3H3. The fourth-order valence-electron chi connectivity index (χ4n) is 5.70. The van der Waals surface area contributed by atoms with Crippen LogP contribution in [0.3, 0.4) is 0 Å². The van der Waals surface area contributed by atoms with Crippen LogP contribution in [0.2, 0.25) is 0 Å². The summed E-state index contributed by atoms with van der Waals surface area (Å²) in [5, 5.41) is 3.67. The first-order chi connectivity index (χ1) is 10.2. The van der Waals surface area contributed by atoms with E-state index in [1.165, 1.54) is 57.8 Å². The highest BCUT2D eigenvalue weighted by Crippen LogP contribution is 2.51. The van der Waals surface area contributed by atoms with E-state index in [1.54, 1.807) is 0 Å². The van der Waals surface area contributed by atoms with Gasteiger partial charge in [-0.25, -0.2) is 0 Å². The van der Waals surface area contributed by atoms with Gasteiger partial charge in [-0.15, -0.1) is 0 Å². The number of likely N-dealkylation sites (N-methyl/N-ethyl adjacent to an activating group) is 1. The molecule has 4 unspecified atom stereocenters. The van der Waals surface area contributed by atoms with Gasteiger partial charge in [-0.2, -0.15) is 0 Å². The molecule has 3 rings (SSSR count). The number of hydrogen-bond donors (Lipinski definition) is 1. The van der Waals surface area contributed by atoms with Gasteiger partial charge in [0.15, 0.2) is 0 Å². The second kappa shape index (κ2) is 6.58. The lowest BCUT2D eigenvalue weighted by Crippen LogP contribution is -2.54. The first-order valence-corrected chi connectivity index (χ1v) is 9.48. The molecule has 2 nitrogen and oxygen atoms in total. The van der Waals surface area contributed by atoms with Crippen molar-refractivity contribution in [2.24, 2.45) is 23.7 Å². The first kappa shape index (κ1) is 15.8. The highest BCUT2D eigenvalue weighted by molar-refractivity contribution is 5.00. The molecule has 0 amide bonds. The van der Waals surface area contributed by atoms with Gasteiger partial charge in [0.1, 0.15) is 0 Å². The van der Waals surface area contributed by atoms with Crippen molar-refractivity contribution in [2.75, 3.05) is 13.7 Å². The summed E-state index contributed by atoms with van der Waals surface area (Å²) in [7, 11) is 2.16. The van der Waals surface area contributed by atoms with Crippen molar-refractivity contribution in [3.05, 3.63) is 0 Å². The van der Waals surface area contributed by atoms with Gasteiger partial charge in [-0.3, -0.25) is 0 Å². The summed E-state index contributed by atoms with van der Waals surface area (Å²) < 4.78 is 6.40. The second-order valence-electron chi connectivity index (χ2n) is 8.19. The van der Waals surface area contributed by atoms with Crippen molar-refractivity contribution in [1.29, 1.82) is 0 Å². The zero-order chi connectivity index (χ0) is 14.9. The molecule has 0 spiro atoms. The van der Waals surface area contributed by atoms with E-state index in [-0.39, 0.29) is 5.60 Å². The Balaban J connectivity index is 1.67. The zero-order valence-corrected chi connectivity index (χ0v) is 14.4. The number of rotatable bonds is 6. The maximum absolute atomic E-state index is 6.40. The summed E-state index contributed by atoms with van der Waals surface area (Å²) in [5.41, 5.74) is 0.123. The van der Waals surface area contributed by atoms with Crippen LogP contribution in [0.1, 0.15) is 71.6 Å². The topological polar surface area (TPSA) is 21.3 Å². The summed E-state index contributed by atoms with van der Waals surface area (Å²) in [5.74, 6) is 3.95. The molecule has 0 aromatic heterocycles. The minimum Gasteiger partial charge on any atom is -0.374 e. The quantitative estimate of drug-likeness (QED) is 0.784. The van der Waals surface area contributed by atoms with Crippen LogP contribution in [-0.2, 0) is 4.74 Å². The molecule has 0 radical (unpaired) electrons. The molecular formula is C19H35NO. The Morgan fingerprint density at radius 3 is 2.43 bits per heavy atom. The van der Waals surface area contributed by atoms with E-state index in [9.17, 15) is 0 Å². The lowest BCUT2D eigenvalue weighted by atomic mass is 9.71. The molecule has 1 N–H and O–H groups in total. The summed E-state index contributed by atoms with van der Waals surface area (Å²) >= 11 is 0. The summed E-state index contributed by atoms with van der Waals surface area (Å²) in [6.07, 6.45) is 12.6. The van der Waals surface area contributed by atoms with Crippen LogP contribution < -0.4 is 5.32 Å². The third kappa shape index (κ3) is 3.17. The van der Waals surface area contributed by atoms with Crippen molar-refractivity contribution >= 4 is 0 Å². The highest BCUT2D eigenvalue weighted by atomic mass is 16.5. The molecule has 3 aliphatic rings. The minimum absolute atomic E-state index is 0.123. The smallest absolute Gasteiger partial charge is 0.0834 e. The van der Waals surface area contributed by atoms with Gasteiger partial charge >= 0.3 is 0 Å². The average Bonchev–Trinajstić information content (AvgIpc) is 3.10. The van der Waals surface area contributed by atoms with E-state index < -0.39 is 0 Å². The Morgan fingerprint density at radius 1 is 1.14 bits per heavy atom.